The van der Waals surface area contributed by atoms with Gasteiger partial charge in [0, 0.05) is 16.3 Å². The Kier molecular flexibility index (Phi) is 6.11. The summed E-state index contributed by atoms with van der Waals surface area (Å²) in [6.45, 7) is 0. The number of ether oxygens (including phenoxy) is 1. The van der Waals surface area contributed by atoms with Gasteiger partial charge in [0.05, 0.1) is 12.7 Å². The second kappa shape index (κ2) is 8.28. The van der Waals surface area contributed by atoms with E-state index in [0.717, 1.165) is 0 Å². The van der Waals surface area contributed by atoms with Gasteiger partial charge in [0.15, 0.2) is 5.11 Å². The highest BCUT2D eigenvalue weighted by Gasteiger charge is 2.09. The zero-order valence-corrected chi connectivity index (χ0v) is 14.2. The number of amides is 1. The normalized spacial score (nSPS) is 9.75. The minimum Gasteiger partial charge on any atom is -0.465 e. The largest absolute Gasteiger partial charge is 0.465 e. The van der Waals surface area contributed by atoms with Gasteiger partial charge in [-0.2, -0.15) is 0 Å². The van der Waals surface area contributed by atoms with E-state index in [1.165, 1.54) is 31.4 Å². The molecule has 124 valence electrons. The maximum atomic E-state index is 12.0. The highest BCUT2D eigenvalue weighted by molar-refractivity contribution is 7.80. The molecule has 8 heteroatoms. The summed E-state index contributed by atoms with van der Waals surface area (Å²) >= 11 is 11.0. The van der Waals surface area contributed by atoms with Crippen LogP contribution in [0, 0.1) is 0 Å². The zero-order valence-electron chi connectivity index (χ0n) is 12.6. The molecule has 0 aromatic heterocycles. The fourth-order valence-electron chi connectivity index (χ4n) is 1.79. The van der Waals surface area contributed by atoms with Crippen molar-refractivity contribution in [2.75, 3.05) is 12.4 Å². The molecule has 0 spiro atoms. The Hall–Kier alpha value is -2.64. The molecule has 2 aromatic carbocycles. The summed E-state index contributed by atoms with van der Waals surface area (Å²) in [5, 5.41) is 3.65. The highest BCUT2D eigenvalue weighted by atomic mass is 35.5. The minimum absolute atomic E-state index is 0.205. The second-order valence-electron chi connectivity index (χ2n) is 4.61. The molecule has 0 saturated heterocycles. The number of carbonyl (C=O) groups excluding carboxylic acids is 2. The number of carbonyl (C=O) groups is 2. The quantitative estimate of drug-likeness (QED) is 0.442. The third kappa shape index (κ3) is 4.94. The summed E-state index contributed by atoms with van der Waals surface area (Å²) in [6.07, 6.45) is 0. The van der Waals surface area contributed by atoms with Gasteiger partial charge in [-0.25, -0.2) is 4.79 Å². The predicted molar refractivity (Wildman–Crippen MR) is 96.1 cm³/mol. The van der Waals surface area contributed by atoms with Crippen LogP contribution < -0.4 is 16.2 Å². The Labute approximate surface area is 149 Å². The van der Waals surface area contributed by atoms with Gasteiger partial charge >= 0.3 is 5.97 Å². The van der Waals surface area contributed by atoms with Gasteiger partial charge in [-0.1, -0.05) is 17.7 Å². The zero-order chi connectivity index (χ0) is 17.5. The summed E-state index contributed by atoms with van der Waals surface area (Å²) in [6, 6.07) is 13.0. The Balaban J connectivity index is 1.88. The van der Waals surface area contributed by atoms with Crippen molar-refractivity contribution >= 4 is 46.5 Å². The lowest BCUT2D eigenvalue weighted by Crippen LogP contribution is -2.43. The molecule has 0 aliphatic rings. The molecule has 2 aromatic rings. The van der Waals surface area contributed by atoms with Gasteiger partial charge in [-0.05, 0) is 54.7 Å². The number of thiocarbonyl (C=S) groups is 1. The SMILES string of the molecule is COC(=O)c1ccc(C(=O)NNC(=S)Nc2cccc(Cl)c2)cc1. The van der Waals surface area contributed by atoms with E-state index in [0.29, 0.717) is 21.8 Å². The van der Waals surface area contributed by atoms with E-state index < -0.39 is 11.9 Å². The van der Waals surface area contributed by atoms with Crippen molar-refractivity contribution in [1.82, 2.24) is 10.9 Å². The molecular weight excluding hydrogens is 350 g/mol. The lowest BCUT2D eigenvalue weighted by atomic mass is 10.1. The van der Waals surface area contributed by atoms with E-state index in [-0.39, 0.29) is 5.11 Å². The van der Waals surface area contributed by atoms with Crippen LogP contribution in [0.4, 0.5) is 5.69 Å². The molecule has 0 heterocycles. The topological polar surface area (TPSA) is 79.5 Å². The second-order valence-corrected chi connectivity index (χ2v) is 5.46. The first-order valence-electron chi connectivity index (χ1n) is 6.81. The van der Waals surface area contributed by atoms with Gasteiger partial charge in [0.25, 0.3) is 5.91 Å². The molecule has 3 N–H and O–H groups in total. The van der Waals surface area contributed by atoms with Crippen molar-refractivity contribution in [2.24, 2.45) is 0 Å². The molecule has 2 rings (SSSR count). The van der Waals surface area contributed by atoms with E-state index in [9.17, 15) is 9.59 Å². The molecule has 0 aliphatic carbocycles. The first kappa shape index (κ1) is 17.7. The molecule has 0 bridgehead atoms. The van der Waals surface area contributed by atoms with Crippen LogP contribution in [-0.4, -0.2) is 24.1 Å². The number of hydrogen-bond donors (Lipinski definition) is 3. The number of nitrogens with one attached hydrogen (secondary N) is 3. The fraction of sp³-hybridized carbons (Fsp3) is 0.0625. The van der Waals surface area contributed by atoms with Crippen molar-refractivity contribution in [3.05, 3.63) is 64.7 Å². The molecule has 0 aliphatic heterocycles. The lowest BCUT2D eigenvalue weighted by Gasteiger charge is -2.12. The summed E-state index contributed by atoms with van der Waals surface area (Å²) in [5.74, 6) is -0.867. The van der Waals surface area contributed by atoms with Crippen LogP contribution in [0.15, 0.2) is 48.5 Å². The van der Waals surface area contributed by atoms with Gasteiger partial charge in [0.1, 0.15) is 0 Å². The van der Waals surface area contributed by atoms with Crippen molar-refractivity contribution < 1.29 is 14.3 Å². The number of hydrazine groups is 1. The number of esters is 1. The molecule has 0 saturated carbocycles. The molecule has 1 amide bonds. The van der Waals surface area contributed by atoms with Crippen LogP contribution in [0.2, 0.25) is 5.02 Å². The van der Waals surface area contributed by atoms with Crippen LogP contribution in [0.3, 0.4) is 0 Å². The average molecular weight is 364 g/mol. The molecule has 0 radical (unpaired) electrons. The Morgan fingerprint density at radius 3 is 2.33 bits per heavy atom. The van der Waals surface area contributed by atoms with Gasteiger partial charge < -0.3 is 10.1 Å². The summed E-state index contributed by atoms with van der Waals surface area (Å²) in [7, 11) is 1.29. The first-order valence-corrected chi connectivity index (χ1v) is 7.59. The third-order valence-corrected chi connectivity index (χ3v) is 3.38. The predicted octanol–water partition coefficient (Wildman–Crippen LogP) is 2.76. The summed E-state index contributed by atoms with van der Waals surface area (Å²) < 4.78 is 4.59. The molecule has 0 unspecified atom stereocenters. The van der Waals surface area contributed by atoms with Crippen molar-refractivity contribution in [2.45, 2.75) is 0 Å². The average Bonchev–Trinajstić information content (AvgIpc) is 2.59. The molecule has 0 atom stereocenters. The number of hydrogen-bond acceptors (Lipinski definition) is 4. The van der Waals surface area contributed by atoms with Crippen LogP contribution >= 0.6 is 23.8 Å². The highest BCUT2D eigenvalue weighted by Crippen LogP contribution is 2.14. The van der Waals surface area contributed by atoms with Crippen LogP contribution in [-0.2, 0) is 4.74 Å². The van der Waals surface area contributed by atoms with E-state index in [1.807, 2.05) is 0 Å². The number of rotatable bonds is 3. The van der Waals surface area contributed by atoms with Crippen molar-refractivity contribution in [3.63, 3.8) is 0 Å². The fourth-order valence-corrected chi connectivity index (χ4v) is 2.15. The van der Waals surface area contributed by atoms with E-state index in [2.05, 4.69) is 20.9 Å². The van der Waals surface area contributed by atoms with E-state index in [4.69, 9.17) is 23.8 Å². The van der Waals surface area contributed by atoms with Gasteiger partial charge in [-0.3, -0.25) is 15.6 Å². The Bertz CT molecular complexity index is 765. The van der Waals surface area contributed by atoms with E-state index in [1.54, 1.807) is 24.3 Å². The minimum atomic E-state index is -0.466. The lowest BCUT2D eigenvalue weighted by molar-refractivity contribution is 0.0600. The third-order valence-electron chi connectivity index (χ3n) is 2.94. The van der Waals surface area contributed by atoms with Crippen molar-refractivity contribution in [3.8, 4) is 0 Å². The maximum absolute atomic E-state index is 12.0. The number of benzene rings is 2. The number of methoxy groups -OCH3 is 1. The molecule has 0 fully saturated rings. The smallest absolute Gasteiger partial charge is 0.337 e. The molecule has 6 nitrogen and oxygen atoms in total. The van der Waals surface area contributed by atoms with Crippen LogP contribution in [0.1, 0.15) is 20.7 Å². The van der Waals surface area contributed by atoms with Crippen LogP contribution in [0.25, 0.3) is 0 Å². The number of halogens is 1. The summed E-state index contributed by atoms with van der Waals surface area (Å²) in [4.78, 5) is 23.3. The Morgan fingerprint density at radius 2 is 1.71 bits per heavy atom. The van der Waals surface area contributed by atoms with Gasteiger partial charge in [-0.15, -0.1) is 0 Å². The monoisotopic (exact) mass is 363 g/mol. The molecule has 24 heavy (non-hydrogen) atoms. The molecular formula is C16H14ClN3O3S. The van der Waals surface area contributed by atoms with Crippen LogP contribution in [0.5, 0.6) is 0 Å². The van der Waals surface area contributed by atoms with E-state index >= 15 is 0 Å². The van der Waals surface area contributed by atoms with Crippen molar-refractivity contribution in [1.29, 1.82) is 0 Å². The first-order chi connectivity index (χ1) is 11.5. The maximum Gasteiger partial charge on any atom is 0.337 e. The number of anilines is 1. The standard InChI is InChI=1S/C16H14ClN3O3S/c1-23-15(22)11-7-5-10(6-8-11)14(21)19-20-16(24)18-13-4-2-3-12(17)9-13/h2-9H,1H3,(H,19,21)(H2,18,20,24). The van der Waals surface area contributed by atoms with Gasteiger partial charge in [0.2, 0.25) is 0 Å². The Morgan fingerprint density at radius 1 is 1.04 bits per heavy atom. The summed E-state index contributed by atoms with van der Waals surface area (Å²) in [5.41, 5.74) is 6.45.